The summed E-state index contributed by atoms with van der Waals surface area (Å²) < 4.78 is 28.1. The van der Waals surface area contributed by atoms with E-state index in [1.165, 1.54) is 6.07 Å². The minimum Gasteiger partial charge on any atom is -0.326 e. The molecule has 0 unspecified atom stereocenters. The lowest BCUT2D eigenvalue weighted by Gasteiger charge is -2.14. The van der Waals surface area contributed by atoms with Crippen LogP contribution in [-0.2, 0) is 14.8 Å². The fourth-order valence-corrected chi connectivity index (χ4v) is 3.66. The van der Waals surface area contributed by atoms with Crippen molar-refractivity contribution in [3.63, 3.8) is 0 Å². The van der Waals surface area contributed by atoms with Crippen LogP contribution in [-0.4, -0.2) is 14.3 Å². The van der Waals surface area contributed by atoms with Gasteiger partial charge in [0.15, 0.2) is 0 Å². The zero-order valence-corrected chi connectivity index (χ0v) is 15.8. The quantitative estimate of drug-likeness (QED) is 0.815. The van der Waals surface area contributed by atoms with E-state index in [0.717, 1.165) is 12.0 Å². The average molecular weight is 360 g/mol. The van der Waals surface area contributed by atoms with Crippen LogP contribution >= 0.6 is 0 Å². The molecule has 0 radical (unpaired) electrons. The molecule has 2 aromatic rings. The number of sulfonamides is 1. The third kappa shape index (κ3) is 4.82. The van der Waals surface area contributed by atoms with E-state index in [1.54, 1.807) is 37.3 Å². The third-order valence-corrected chi connectivity index (χ3v) is 5.60. The van der Waals surface area contributed by atoms with Gasteiger partial charge in [0.25, 0.3) is 10.0 Å². The zero-order valence-electron chi connectivity index (χ0n) is 15.0. The summed E-state index contributed by atoms with van der Waals surface area (Å²) in [7, 11) is -3.75. The Bertz CT molecular complexity index is 876. The number of carbonyl (C=O) groups is 1. The molecule has 1 amide bonds. The number of nitrogens with one attached hydrogen (secondary N) is 2. The molecule has 134 valence electrons. The maximum atomic E-state index is 12.7. The Morgan fingerprint density at radius 2 is 1.80 bits per heavy atom. The molecule has 0 heterocycles. The molecular weight excluding hydrogens is 336 g/mol. The van der Waals surface area contributed by atoms with Crippen LogP contribution in [0.3, 0.4) is 0 Å². The van der Waals surface area contributed by atoms with Gasteiger partial charge >= 0.3 is 0 Å². The maximum Gasteiger partial charge on any atom is 0.262 e. The third-order valence-electron chi connectivity index (χ3n) is 4.08. The van der Waals surface area contributed by atoms with Gasteiger partial charge in [-0.3, -0.25) is 9.52 Å². The molecule has 2 N–H and O–H groups in total. The number of benzene rings is 2. The highest BCUT2D eigenvalue weighted by Crippen LogP contribution is 2.24. The van der Waals surface area contributed by atoms with Gasteiger partial charge in [-0.2, -0.15) is 0 Å². The monoisotopic (exact) mass is 360 g/mol. The fourth-order valence-electron chi connectivity index (χ4n) is 2.34. The molecule has 2 aromatic carbocycles. The van der Waals surface area contributed by atoms with Crippen LogP contribution in [0.2, 0.25) is 0 Å². The highest BCUT2D eigenvalue weighted by molar-refractivity contribution is 7.92. The molecular formula is C19H24N2O3S. The van der Waals surface area contributed by atoms with Crippen LogP contribution in [0.15, 0.2) is 47.4 Å². The first kappa shape index (κ1) is 19.0. The Morgan fingerprint density at radius 1 is 1.08 bits per heavy atom. The highest BCUT2D eigenvalue weighted by Gasteiger charge is 2.19. The molecule has 25 heavy (non-hydrogen) atoms. The van der Waals surface area contributed by atoms with E-state index < -0.39 is 10.0 Å². The second-order valence-electron chi connectivity index (χ2n) is 6.25. The second kappa shape index (κ2) is 7.70. The minimum atomic E-state index is -3.75. The summed E-state index contributed by atoms with van der Waals surface area (Å²) in [6.45, 7) is 7.39. The topological polar surface area (TPSA) is 75.3 Å². The van der Waals surface area contributed by atoms with E-state index in [0.29, 0.717) is 16.9 Å². The fraction of sp³-hybridized carbons (Fsp3) is 0.316. The van der Waals surface area contributed by atoms with E-state index in [2.05, 4.69) is 10.0 Å². The van der Waals surface area contributed by atoms with E-state index in [1.807, 2.05) is 26.8 Å². The summed E-state index contributed by atoms with van der Waals surface area (Å²) in [5.74, 6) is -0.256. The number of hydrogen-bond acceptors (Lipinski definition) is 3. The normalized spacial score (nSPS) is 12.5. The largest absolute Gasteiger partial charge is 0.326 e. The molecule has 0 bridgehead atoms. The predicted molar refractivity (Wildman–Crippen MR) is 101 cm³/mol. The van der Waals surface area contributed by atoms with Gasteiger partial charge in [-0.15, -0.1) is 0 Å². The van der Waals surface area contributed by atoms with Crippen LogP contribution in [0.5, 0.6) is 0 Å². The summed E-state index contributed by atoms with van der Waals surface area (Å²) >= 11 is 0. The number of rotatable bonds is 6. The lowest BCUT2D eigenvalue weighted by atomic mass is 10.1. The SMILES string of the molecule is CC[C@@H](C)C(=O)Nc1ccc(C)c(S(=O)(=O)Nc2cccc(C)c2)c1. The number of hydrogen-bond donors (Lipinski definition) is 2. The van der Waals surface area contributed by atoms with E-state index >= 15 is 0 Å². The Labute approximate surface area is 149 Å². The Morgan fingerprint density at radius 3 is 2.44 bits per heavy atom. The average Bonchev–Trinajstić information content (AvgIpc) is 2.55. The second-order valence-corrected chi connectivity index (χ2v) is 7.90. The van der Waals surface area contributed by atoms with Gasteiger partial charge in [0.05, 0.1) is 4.90 Å². The van der Waals surface area contributed by atoms with Crippen molar-refractivity contribution in [3.8, 4) is 0 Å². The van der Waals surface area contributed by atoms with Gasteiger partial charge < -0.3 is 5.32 Å². The van der Waals surface area contributed by atoms with Crippen molar-refractivity contribution >= 4 is 27.3 Å². The van der Waals surface area contributed by atoms with Gasteiger partial charge in [-0.05, 0) is 55.7 Å². The number of carbonyl (C=O) groups excluding carboxylic acids is 1. The summed E-state index contributed by atoms with van der Waals surface area (Å²) in [5, 5.41) is 2.77. The number of anilines is 2. The zero-order chi connectivity index (χ0) is 18.6. The molecule has 0 spiro atoms. The Hall–Kier alpha value is -2.34. The van der Waals surface area contributed by atoms with Gasteiger partial charge in [0, 0.05) is 17.3 Å². The maximum absolute atomic E-state index is 12.7. The Kier molecular flexibility index (Phi) is 5.85. The Balaban J connectivity index is 2.31. The van der Waals surface area contributed by atoms with Crippen molar-refractivity contribution in [2.75, 3.05) is 10.0 Å². The van der Waals surface area contributed by atoms with Crippen LogP contribution in [0.25, 0.3) is 0 Å². The lowest BCUT2D eigenvalue weighted by Crippen LogP contribution is -2.20. The van der Waals surface area contributed by atoms with Gasteiger partial charge in [0.1, 0.15) is 0 Å². The van der Waals surface area contributed by atoms with E-state index in [9.17, 15) is 13.2 Å². The lowest BCUT2D eigenvalue weighted by molar-refractivity contribution is -0.119. The summed E-state index contributed by atoms with van der Waals surface area (Å²) in [6, 6.07) is 12.1. The van der Waals surface area contributed by atoms with Crippen molar-refractivity contribution < 1.29 is 13.2 Å². The molecule has 0 aliphatic rings. The van der Waals surface area contributed by atoms with E-state index in [-0.39, 0.29) is 16.7 Å². The van der Waals surface area contributed by atoms with Crippen molar-refractivity contribution in [3.05, 3.63) is 53.6 Å². The predicted octanol–water partition coefficient (Wildman–Crippen LogP) is 4.09. The van der Waals surface area contributed by atoms with Crippen molar-refractivity contribution in [2.45, 2.75) is 39.0 Å². The first-order valence-electron chi connectivity index (χ1n) is 8.24. The molecule has 6 heteroatoms. The van der Waals surface area contributed by atoms with Crippen LogP contribution < -0.4 is 10.0 Å². The number of aryl methyl sites for hydroxylation is 2. The van der Waals surface area contributed by atoms with Crippen molar-refractivity contribution in [2.24, 2.45) is 5.92 Å². The molecule has 0 aliphatic carbocycles. The van der Waals surface area contributed by atoms with Gasteiger partial charge in [-0.1, -0.05) is 32.0 Å². The van der Waals surface area contributed by atoms with Crippen LogP contribution in [0, 0.1) is 19.8 Å². The summed E-state index contributed by atoms with van der Waals surface area (Å²) in [5.41, 5.74) is 2.56. The molecule has 1 atom stereocenters. The molecule has 0 saturated heterocycles. The first-order valence-corrected chi connectivity index (χ1v) is 9.72. The minimum absolute atomic E-state index is 0.124. The van der Waals surface area contributed by atoms with Crippen LogP contribution in [0.1, 0.15) is 31.4 Å². The van der Waals surface area contributed by atoms with E-state index in [4.69, 9.17) is 0 Å². The van der Waals surface area contributed by atoms with Gasteiger partial charge in [0.2, 0.25) is 5.91 Å². The number of amides is 1. The van der Waals surface area contributed by atoms with Crippen LogP contribution in [0.4, 0.5) is 11.4 Å². The molecule has 0 saturated carbocycles. The molecule has 2 rings (SSSR count). The smallest absolute Gasteiger partial charge is 0.262 e. The summed E-state index contributed by atoms with van der Waals surface area (Å²) in [4.78, 5) is 12.2. The first-order chi connectivity index (χ1) is 11.7. The molecule has 0 fully saturated rings. The van der Waals surface area contributed by atoms with Gasteiger partial charge in [-0.25, -0.2) is 8.42 Å². The summed E-state index contributed by atoms with van der Waals surface area (Å²) in [6.07, 6.45) is 0.720. The molecule has 5 nitrogen and oxygen atoms in total. The van der Waals surface area contributed by atoms with Crippen molar-refractivity contribution in [1.29, 1.82) is 0 Å². The molecule has 0 aliphatic heterocycles. The molecule has 0 aromatic heterocycles. The highest BCUT2D eigenvalue weighted by atomic mass is 32.2. The standard InChI is InChI=1S/C19H24N2O3S/c1-5-14(3)19(22)20-16-10-9-15(4)18(12-16)25(23,24)21-17-8-6-7-13(2)11-17/h6-12,14,21H,5H2,1-4H3,(H,20,22)/t14-/m1/s1. The van der Waals surface area contributed by atoms with Crippen molar-refractivity contribution in [1.82, 2.24) is 0 Å².